The van der Waals surface area contributed by atoms with Gasteiger partial charge in [0.15, 0.2) is 0 Å². The molecule has 2 heterocycles. The van der Waals surface area contributed by atoms with E-state index in [-0.39, 0.29) is 5.91 Å². The summed E-state index contributed by atoms with van der Waals surface area (Å²) < 4.78 is 4.97. The van der Waals surface area contributed by atoms with E-state index in [0.717, 1.165) is 34.9 Å². The SMILES string of the molecule is CCN(CC)c1cccc2c1[nH]c1cc(=NC(=O)c3ccoc3)cccc12. The largest absolute Gasteiger partial charge is 0.472 e. The normalized spacial score (nSPS) is 12.0. The van der Waals surface area contributed by atoms with Gasteiger partial charge in [0.2, 0.25) is 0 Å². The van der Waals surface area contributed by atoms with E-state index in [0.29, 0.717) is 10.9 Å². The number of carbonyl (C=O) groups is 1. The van der Waals surface area contributed by atoms with E-state index >= 15 is 0 Å². The van der Waals surface area contributed by atoms with Crippen LogP contribution in [-0.2, 0) is 0 Å². The van der Waals surface area contributed by atoms with Crippen molar-refractivity contribution in [2.24, 2.45) is 4.99 Å². The molecule has 5 heteroatoms. The van der Waals surface area contributed by atoms with Crippen LogP contribution in [-0.4, -0.2) is 24.0 Å². The number of fused-ring (bicyclic) bond motifs is 3. The number of aromatic amines is 1. The third kappa shape index (κ3) is 3.12. The van der Waals surface area contributed by atoms with Gasteiger partial charge in [-0.3, -0.25) is 4.79 Å². The minimum atomic E-state index is -0.317. The predicted octanol–water partition coefficient (Wildman–Crippen LogP) is 4.50. The third-order valence-corrected chi connectivity index (χ3v) is 4.81. The van der Waals surface area contributed by atoms with E-state index in [9.17, 15) is 4.79 Å². The molecule has 136 valence electrons. The maximum atomic E-state index is 12.3. The van der Waals surface area contributed by atoms with Crippen LogP contribution in [0.15, 0.2) is 70.5 Å². The van der Waals surface area contributed by atoms with Crippen LogP contribution < -0.4 is 10.3 Å². The van der Waals surface area contributed by atoms with Gasteiger partial charge in [-0.25, -0.2) is 4.99 Å². The predicted molar refractivity (Wildman–Crippen MR) is 108 cm³/mol. The molecule has 0 aliphatic carbocycles. The first kappa shape index (κ1) is 17.1. The van der Waals surface area contributed by atoms with Gasteiger partial charge in [-0.2, -0.15) is 0 Å². The van der Waals surface area contributed by atoms with E-state index in [1.54, 1.807) is 6.07 Å². The Morgan fingerprint density at radius 1 is 1.07 bits per heavy atom. The summed E-state index contributed by atoms with van der Waals surface area (Å²) in [6.07, 6.45) is 2.88. The second-order valence-corrected chi connectivity index (χ2v) is 6.35. The fraction of sp³-hybridized carbons (Fsp3) is 0.182. The first-order valence-electron chi connectivity index (χ1n) is 9.12. The average Bonchev–Trinajstić information content (AvgIpc) is 3.28. The monoisotopic (exact) mass is 359 g/mol. The molecule has 5 nitrogen and oxygen atoms in total. The van der Waals surface area contributed by atoms with Crippen molar-refractivity contribution < 1.29 is 9.21 Å². The highest BCUT2D eigenvalue weighted by Crippen LogP contribution is 2.31. The maximum absolute atomic E-state index is 12.3. The topological polar surface area (TPSA) is 61.6 Å². The number of hydrogen-bond acceptors (Lipinski definition) is 3. The lowest BCUT2D eigenvalue weighted by molar-refractivity contribution is 0.0998. The second-order valence-electron chi connectivity index (χ2n) is 6.35. The summed E-state index contributed by atoms with van der Waals surface area (Å²) in [4.78, 5) is 22.3. The van der Waals surface area contributed by atoms with Gasteiger partial charge in [0.1, 0.15) is 6.26 Å². The number of benzene rings is 1. The summed E-state index contributed by atoms with van der Waals surface area (Å²) in [7, 11) is 0. The van der Waals surface area contributed by atoms with Crippen LogP contribution in [0.5, 0.6) is 0 Å². The molecule has 0 bridgehead atoms. The molecule has 4 rings (SSSR count). The molecule has 1 N–H and O–H groups in total. The number of carbonyl (C=O) groups excluding carboxylic acids is 1. The summed E-state index contributed by atoms with van der Waals surface area (Å²) in [5.74, 6) is -0.317. The van der Waals surface area contributed by atoms with Crippen molar-refractivity contribution in [1.82, 2.24) is 4.98 Å². The third-order valence-electron chi connectivity index (χ3n) is 4.81. The molecule has 0 atom stereocenters. The lowest BCUT2D eigenvalue weighted by Crippen LogP contribution is -2.21. The smallest absolute Gasteiger partial charge is 0.280 e. The number of para-hydroxylation sites is 1. The molecular formula is C22H21N3O2. The Morgan fingerprint density at radius 3 is 2.59 bits per heavy atom. The Labute approximate surface area is 157 Å². The zero-order valence-corrected chi connectivity index (χ0v) is 15.4. The van der Waals surface area contributed by atoms with Crippen LogP contribution in [0.1, 0.15) is 24.2 Å². The van der Waals surface area contributed by atoms with Gasteiger partial charge >= 0.3 is 0 Å². The van der Waals surface area contributed by atoms with Crippen LogP contribution in [0, 0.1) is 0 Å². The molecular weight excluding hydrogens is 338 g/mol. The van der Waals surface area contributed by atoms with E-state index in [2.05, 4.69) is 53.0 Å². The molecule has 0 aliphatic rings. The van der Waals surface area contributed by atoms with Crippen LogP contribution >= 0.6 is 0 Å². The number of nitrogens with one attached hydrogen (secondary N) is 1. The van der Waals surface area contributed by atoms with Gasteiger partial charge in [0, 0.05) is 29.4 Å². The summed E-state index contributed by atoms with van der Waals surface area (Å²) >= 11 is 0. The molecule has 2 aromatic heterocycles. The Balaban J connectivity index is 1.91. The summed E-state index contributed by atoms with van der Waals surface area (Å²) in [5.41, 5.74) is 3.69. The molecule has 0 unspecified atom stereocenters. The maximum Gasteiger partial charge on any atom is 0.280 e. The Hall–Kier alpha value is -3.34. The lowest BCUT2D eigenvalue weighted by Gasteiger charge is -2.21. The number of anilines is 1. The van der Waals surface area contributed by atoms with Crippen molar-refractivity contribution in [3.05, 3.63) is 72.0 Å². The van der Waals surface area contributed by atoms with E-state index in [4.69, 9.17) is 4.42 Å². The van der Waals surface area contributed by atoms with Crippen molar-refractivity contribution >= 4 is 33.4 Å². The minimum Gasteiger partial charge on any atom is -0.472 e. The van der Waals surface area contributed by atoms with Crippen molar-refractivity contribution in [2.45, 2.75) is 13.8 Å². The number of aromatic nitrogens is 1. The van der Waals surface area contributed by atoms with Crippen LogP contribution in [0.3, 0.4) is 0 Å². The molecule has 27 heavy (non-hydrogen) atoms. The number of hydrogen-bond donors (Lipinski definition) is 1. The van der Waals surface area contributed by atoms with Gasteiger partial charge in [0.25, 0.3) is 5.91 Å². The summed E-state index contributed by atoms with van der Waals surface area (Å²) in [5, 5.41) is 2.88. The molecule has 0 spiro atoms. The lowest BCUT2D eigenvalue weighted by atomic mass is 10.1. The first-order valence-corrected chi connectivity index (χ1v) is 9.12. The van der Waals surface area contributed by atoms with Gasteiger partial charge in [-0.1, -0.05) is 24.3 Å². The Morgan fingerprint density at radius 2 is 1.85 bits per heavy atom. The molecule has 0 fully saturated rings. The number of furan rings is 1. The fourth-order valence-corrected chi connectivity index (χ4v) is 3.44. The highest BCUT2D eigenvalue weighted by molar-refractivity contribution is 6.11. The van der Waals surface area contributed by atoms with Crippen LogP contribution in [0.2, 0.25) is 0 Å². The molecule has 1 amide bonds. The van der Waals surface area contributed by atoms with Crippen molar-refractivity contribution in [2.75, 3.05) is 18.0 Å². The molecule has 0 aliphatic heterocycles. The molecule has 2 aromatic carbocycles. The van der Waals surface area contributed by atoms with Gasteiger partial charge in [-0.15, -0.1) is 0 Å². The van der Waals surface area contributed by atoms with E-state index in [1.165, 1.54) is 18.2 Å². The number of H-pyrrole nitrogens is 1. The molecule has 0 saturated heterocycles. The molecule has 0 saturated carbocycles. The van der Waals surface area contributed by atoms with Gasteiger partial charge in [-0.05, 0) is 38.1 Å². The summed E-state index contributed by atoms with van der Waals surface area (Å²) in [6.45, 7) is 6.20. The minimum absolute atomic E-state index is 0.317. The van der Waals surface area contributed by atoms with Crippen molar-refractivity contribution in [1.29, 1.82) is 0 Å². The number of nitrogens with zero attached hydrogens (tertiary/aromatic N) is 2. The highest BCUT2D eigenvalue weighted by Gasteiger charge is 2.11. The Bertz CT molecular complexity index is 1170. The van der Waals surface area contributed by atoms with Crippen molar-refractivity contribution in [3.63, 3.8) is 0 Å². The molecule has 4 aromatic rings. The number of rotatable bonds is 4. The number of amides is 1. The highest BCUT2D eigenvalue weighted by atomic mass is 16.3. The standard InChI is InChI=1S/C22H21N3O2/c1-3-25(4-2)20-10-6-9-18-17-8-5-7-16(13-19(17)24-21(18)20)23-22(26)15-11-12-27-14-15/h5-14,24H,3-4H2,1-2H3. The van der Waals surface area contributed by atoms with Gasteiger partial charge < -0.3 is 14.3 Å². The van der Waals surface area contributed by atoms with Crippen molar-refractivity contribution in [3.8, 4) is 0 Å². The van der Waals surface area contributed by atoms with Gasteiger partial charge in [0.05, 0.1) is 28.4 Å². The van der Waals surface area contributed by atoms with E-state index in [1.807, 2.05) is 18.2 Å². The fourth-order valence-electron chi connectivity index (χ4n) is 3.44. The molecule has 0 radical (unpaired) electrons. The Kier molecular flexibility index (Phi) is 4.50. The quantitative estimate of drug-likeness (QED) is 0.583. The second kappa shape index (κ2) is 7.11. The zero-order chi connectivity index (χ0) is 18.8. The van der Waals surface area contributed by atoms with Crippen LogP contribution in [0.4, 0.5) is 5.69 Å². The van der Waals surface area contributed by atoms with E-state index < -0.39 is 0 Å². The zero-order valence-electron chi connectivity index (χ0n) is 15.4. The first-order chi connectivity index (χ1) is 13.2. The average molecular weight is 359 g/mol. The van der Waals surface area contributed by atoms with Crippen LogP contribution in [0.25, 0.3) is 21.8 Å². The summed E-state index contributed by atoms with van der Waals surface area (Å²) in [6, 6.07) is 15.7.